The summed E-state index contributed by atoms with van der Waals surface area (Å²) in [5.74, 6) is 0.0518. The number of rotatable bonds is 3. The van der Waals surface area contributed by atoms with E-state index in [1.165, 1.54) is 0 Å². The molecule has 2 N–H and O–H groups in total. The lowest BCUT2D eigenvalue weighted by Gasteiger charge is -2.23. The normalized spacial score (nSPS) is 22.8. The van der Waals surface area contributed by atoms with Crippen LogP contribution in [-0.2, 0) is 4.79 Å². The molecule has 98 valence electrons. The lowest BCUT2D eigenvalue weighted by Crippen LogP contribution is -2.47. The molecule has 0 aromatic heterocycles. The third-order valence-electron chi connectivity index (χ3n) is 3.49. The molecule has 1 aromatic rings. The molecule has 0 saturated carbocycles. The van der Waals surface area contributed by atoms with Crippen LogP contribution >= 0.6 is 0 Å². The minimum absolute atomic E-state index is 0.0518. The second-order valence-electron chi connectivity index (χ2n) is 5.26. The van der Waals surface area contributed by atoms with Crippen molar-refractivity contribution >= 4 is 17.3 Å². The van der Waals surface area contributed by atoms with Gasteiger partial charge in [0, 0.05) is 25.5 Å². The van der Waals surface area contributed by atoms with Crippen molar-refractivity contribution in [2.45, 2.75) is 25.3 Å². The van der Waals surface area contributed by atoms with Crippen molar-refractivity contribution in [3.63, 3.8) is 0 Å². The van der Waals surface area contributed by atoms with Gasteiger partial charge in [-0.2, -0.15) is 0 Å². The fourth-order valence-electron chi connectivity index (χ4n) is 2.22. The van der Waals surface area contributed by atoms with Gasteiger partial charge in [0.25, 0.3) is 0 Å². The molecule has 4 heteroatoms. The van der Waals surface area contributed by atoms with Crippen LogP contribution in [0.1, 0.15) is 19.8 Å². The van der Waals surface area contributed by atoms with Crippen molar-refractivity contribution in [1.82, 2.24) is 5.32 Å². The Bertz CT molecular complexity index is 436. The number of hydrogen-bond donors (Lipinski definition) is 2. The maximum absolute atomic E-state index is 12.2. The summed E-state index contributed by atoms with van der Waals surface area (Å²) in [6, 6.07) is 7.87. The minimum atomic E-state index is -0.422. The van der Waals surface area contributed by atoms with Gasteiger partial charge in [-0.15, -0.1) is 0 Å². The topological polar surface area (TPSA) is 44.4 Å². The monoisotopic (exact) mass is 247 g/mol. The van der Waals surface area contributed by atoms with Crippen LogP contribution in [0.4, 0.5) is 11.4 Å². The van der Waals surface area contributed by atoms with E-state index in [0.29, 0.717) is 0 Å². The highest BCUT2D eigenvalue weighted by Gasteiger charge is 2.35. The summed E-state index contributed by atoms with van der Waals surface area (Å²) in [4.78, 5) is 14.2. The molecule has 1 aliphatic rings. The smallest absolute Gasteiger partial charge is 0.244 e. The van der Waals surface area contributed by atoms with E-state index in [9.17, 15) is 4.79 Å². The van der Waals surface area contributed by atoms with Crippen molar-refractivity contribution in [2.24, 2.45) is 0 Å². The van der Waals surface area contributed by atoms with Gasteiger partial charge in [0.05, 0.1) is 5.54 Å². The number of anilines is 2. The molecule has 1 saturated heterocycles. The van der Waals surface area contributed by atoms with Gasteiger partial charge in [-0.3, -0.25) is 4.79 Å². The summed E-state index contributed by atoms with van der Waals surface area (Å²) in [5, 5.41) is 6.26. The molecule has 1 unspecified atom stereocenters. The van der Waals surface area contributed by atoms with E-state index >= 15 is 0 Å². The Morgan fingerprint density at radius 1 is 1.44 bits per heavy atom. The van der Waals surface area contributed by atoms with E-state index in [-0.39, 0.29) is 5.91 Å². The molecular weight excluding hydrogens is 226 g/mol. The van der Waals surface area contributed by atoms with Gasteiger partial charge < -0.3 is 15.5 Å². The van der Waals surface area contributed by atoms with Crippen molar-refractivity contribution < 1.29 is 4.79 Å². The van der Waals surface area contributed by atoms with E-state index in [4.69, 9.17) is 0 Å². The standard InChI is InChI=1S/C14H21N3O/c1-14(8-5-9-15-14)13(18)16-11-6-4-7-12(10-11)17(2)3/h4,6-7,10,15H,5,8-9H2,1-3H3,(H,16,18). The van der Waals surface area contributed by atoms with Crippen LogP contribution in [0.15, 0.2) is 24.3 Å². The van der Waals surface area contributed by atoms with Gasteiger partial charge in [0.2, 0.25) is 5.91 Å². The summed E-state index contributed by atoms with van der Waals surface area (Å²) < 4.78 is 0. The fourth-order valence-corrected chi connectivity index (χ4v) is 2.22. The Morgan fingerprint density at radius 2 is 2.22 bits per heavy atom. The molecular formula is C14H21N3O. The third kappa shape index (κ3) is 2.64. The molecule has 1 aromatic carbocycles. The Morgan fingerprint density at radius 3 is 2.83 bits per heavy atom. The van der Waals surface area contributed by atoms with Crippen LogP contribution in [0.5, 0.6) is 0 Å². The van der Waals surface area contributed by atoms with Crippen molar-refractivity contribution in [3.8, 4) is 0 Å². The predicted octanol–water partition coefficient (Wildman–Crippen LogP) is 1.83. The van der Waals surface area contributed by atoms with Gasteiger partial charge >= 0.3 is 0 Å². The third-order valence-corrected chi connectivity index (χ3v) is 3.49. The molecule has 1 heterocycles. The quantitative estimate of drug-likeness (QED) is 0.856. The van der Waals surface area contributed by atoms with Gasteiger partial charge in [0.1, 0.15) is 0 Å². The number of nitrogens with one attached hydrogen (secondary N) is 2. The number of nitrogens with zero attached hydrogens (tertiary/aromatic N) is 1. The van der Waals surface area contributed by atoms with E-state index in [1.54, 1.807) is 0 Å². The Labute approximate surface area is 108 Å². The number of amides is 1. The van der Waals surface area contributed by atoms with Crippen LogP contribution < -0.4 is 15.5 Å². The first kappa shape index (κ1) is 12.9. The summed E-state index contributed by atoms with van der Waals surface area (Å²) in [5.41, 5.74) is 1.51. The zero-order valence-electron chi connectivity index (χ0n) is 11.3. The average Bonchev–Trinajstić information content (AvgIpc) is 2.78. The van der Waals surface area contributed by atoms with Crippen LogP contribution in [0.3, 0.4) is 0 Å². The second kappa shape index (κ2) is 4.98. The van der Waals surface area contributed by atoms with E-state index in [1.807, 2.05) is 50.2 Å². The van der Waals surface area contributed by atoms with E-state index in [2.05, 4.69) is 10.6 Å². The molecule has 4 nitrogen and oxygen atoms in total. The molecule has 2 rings (SSSR count). The molecule has 0 spiro atoms. The number of carbonyl (C=O) groups is 1. The summed E-state index contributed by atoms with van der Waals surface area (Å²) in [6.45, 7) is 2.88. The molecule has 0 aliphatic carbocycles. The lowest BCUT2D eigenvalue weighted by atomic mass is 9.99. The van der Waals surface area contributed by atoms with Crippen molar-refractivity contribution in [2.75, 3.05) is 30.9 Å². The molecule has 18 heavy (non-hydrogen) atoms. The predicted molar refractivity (Wildman–Crippen MR) is 75.0 cm³/mol. The largest absolute Gasteiger partial charge is 0.378 e. The van der Waals surface area contributed by atoms with Crippen LogP contribution in [0.25, 0.3) is 0 Å². The molecule has 1 fully saturated rings. The van der Waals surface area contributed by atoms with Crippen molar-refractivity contribution in [1.29, 1.82) is 0 Å². The molecule has 1 atom stereocenters. The van der Waals surface area contributed by atoms with Crippen LogP contribution in [0, 0.1) is 0 Å². The van der Waals surface area contributed by atoms with Gasteiger partial charge in [-0.1, -0.05) is 6.07 Å². The highest BCUT2D eigenvalue weighted by atomic mass is 16.2. The van der Waals surface area contributed by atoms with Crippen molar-refractivity contribution in [3.05, 3.63) is 24.3 Å². The summed E-state index contributed by atoms with van der Waals surface area (Å²) >= 11 is 0. The first-order chi connectivity index (χ1) is 8.51. The Hall–Kier alpha value is -1.55. The van der Waals surface area contributed by atoms with Crippen LogP contribution in [-0.4, -0.2) is 32.1 Å². The molecule has 0 bridgehead atoms. The maximum Gasteiger partial charge on any atom is 0.244 e. The first-order valence-electron chi connectivity index (χ1n) is 6.35. The van der Waals surface area contributed by atoms with Crippen LogP contribution in [0.2, 0.25) is 0 Å². The number of carbonyl (C=O) groups excluding carboxylic acids is 1. The summed E-state index contributed by atoms with van der Waals surface area (Å²) in [6.07, 6.45) is 1.95. The van der Waals surface area contributed by atoms with Gasteiger partial charge in [-0.05, 0) is 44.5 Å². The Kier molecular flexibility index (Phi) is 3.57. The lowest BCUT2D eigenvalue weighted by molar-refractivity contribution is -0.121. The highest BCUT2D eigenvalue weighted by molar-refractivity contribution is 5.98. The Balaban J connectivity index is 2.09. The average molecular weight is 247 g/mol. The summed E-state index contributed by atoms with van der Waals surface area (Å²) in [7, 11) is 3.97. The molecule has 0 radical (unpaired) electrons. The molecule has 1 aliphatic heterocycles. The van der Waals surface area contributed by atoms with E-state index in [0.717, 1.165) is 30.8 Å². The minimum Gasteiger partial charge on any atom is -0.378 e. The zero-order chi connectivity index (χ0) is 13.2. The zero-order valence-corrected chi connectivity index (χ0v) is 11.3. The maximum atomic E-state index is 12.2. The number of hydrogen-bond acceptors (Lipinski definition) is 3. The highest BCUT2D eigenvalue weighted by Crippen LogP contribution is 2.22. The van der Waals surface area contributed by atoms with Gasteiger partial charge in [-0.25, -0.2) is 0 Å². The van der Waals surface area contributed by atoms with Gasteiger partial charge in [0.15, 0.2) is 0 Å². The fraction of sp³-hybridized carbons (Fsp3) is 0.500. The first-order valence-corrected chi connectivity index (χ1v) is 6.35. The SMILES string of the molecule is CN(C)c1cccc(NC(=O)C2(C)CCCN2)c1. The second-order valence-corrected chi connectivity index (χ2v) is 5.26. The molecule has 1 amide bonds. The van der Waals surface area contributed by atoms with E-state index < -0.39 is 5.54 Å². The number of benzene rings is 1.